The highest BCUT2D eigenvalue weighted by molar-refractivity contribution is 6.07. The molecule has 27 heavy (non-hydrogen) atoms. The average molecular weight is 360 g/mol. The summed E-state index contributed by atoms with van der Waals surface area (Å²) in [6.45, 7) is 0. The third kappa shape index (κ3) is 4.55. The second kappa shape index (κ2) is 7.92. The Labute approximate surface area is 155 Å². The molecule has 0 aliphatic heterocycles. The average Bonchev–Trinajstić information content (AvgIpc) is 2.68. The third-order valence-corrected chi connectivity index (χ3v) is 3.79. The third-order valence-electron chi connectivity index (χ3n) is 3.79. The number of nitro groups is 1. The summed E-state index contributed by atoms with van der Waals surface area (Å²) < 4.78 is 0. The van der Waals surface area contributed by atoms with Gasteiger partial charge in [-0.15, -0.1) is 0 Å². The predicted octanol–water partition coefficient (Wildman–Crippen LogP) is 4.21. The zero-order valence-electron chi connectivity index (χ0n) is 14.2. The van der Waals surface area contributed by atoms with E-state index < -0.39 is 4.92 Å². The highest BCUT2D eigenvalue weighted by Gasteiger charge is 2.07. The molecule has 0 bridgehead atoms. The molecule has 0 radical (unpaired) electrons. The van der Waals surface area contributed by atoms with Crippen LogP contribution in [0.1, 0.15) is 15.9 Å². The number of nitrogens with one attached hydrogen (secondary N) is 1. The van der Waals surface area contributed by atoms with E-state index in [1.807, 2.05) is 6.07 Å². The molecule has 0 aliphatic carbocycles. The molecule has 1 aromatic heterocycles. The van der Waals surface area contributed by atoms with E-state index in [0.717, 1.165) is 0 Å². The number of hydrogen-bond acceptors (Lipinski definition) is 6. The van der Waals surface area contributed by atoms with Crippen LogP contribution in [0.15, 0.2) is 72.9 Å². The van der Waals surface area contributed by atoms with Gasteiger partial charge in [-0.1, -0.05) is 0 Å². The van der Waals surface area contributed by atoms with Gasteiger partial charge in [-0.25, -0.2) is 4.98 Å². The van der Waals surface area contributed by atoms with Crippen molar-refractivity contribution < 1.29 is 9.72 Å². The summed E-state index contributed by atoms with van der Waals surface area (Å²) in [5, 5.41) is 13.8. The Morgan fingerprint density at radius 3 is 2.44 bits per heavy atom. The fourth-order valence-electron chi connectivity index (χ4n) is 2.37. The van der Waals surface area contributed by atoms with Gasteiger partial charge in [-0.2, -0.15) is 0 Å². The van der Waals surface area contributed by atoms with Gasteiger partial charge in [0.2, 0.25) is 0 Å². The topological polar surface area (TPSA) is 111 Å². The first-order valence-corrected chi connectivity index (χ1v) is 8.07. The molecule has 1 heterocycles. The van der Waals surface area contributed by atoms with Crippen molar-refractivity contribution in [2.75, 3.05) is 11.1 Å². The van der Waals surface area contributed by atoms with Gasteiger partial charge in [0, 0.05) is 40.8 Å². The number of carbonyl (C=O) groups excluding carboxylic acids is 1. The Bertz CT molecular complexity index is 996. The number of benzene rings is 2. The minimum Gasteiger partial charge on any atom is -0.399 e. The lowest BCUT2D eigenvalue weighted by Crippen LogP contribution is -1.98. The van der Waals surface area contributed by atoms with E-state index in [9.17, 15) is 14.9 Å². The summed E-state index contributed by atoms with van der Waals surface area (Å²) in [6, 6.07) is 16.3. The molecule has 7 heteroatoms. The first-order valence-electron chi connectivity index (χ1n) is 8.07. The van der Waals surface area contributed by atoms with Crippen LogP contribution in [0.25, 0.3) is 6.08 Å². The fraction of sp³-hybridized carbons (Fsp3) is 0. The second-order valence-corrected chi connectivity index (χ2v) is 5.69. The number of pyridine rings is 1. The molecule has 0 saturated heterocycles. The van der Waals surface area contributed by atoms with Crippen LogP contribution in [-0.4, -0.2) is 15.7 Å². The molecular weight excluding hydrogens is 344 g/mol. The largest absolute Gasteiger partial charge is 0.399 e. The van der Waals surface area contributed by atoms with Gasteiger partial charge in [0.15, 0.2) is 5.78 Å². The van der Waals surface area contributed by atoms with Crippen molar-refractivity contribution in [3.63, 3.8) is 0 Å². The zero-order chi connectivity index (χ0) is 19.2. The molecule has 134 valence electrons. The number of hydrogen-bond donors (Lipinski definition) is 2. The SMILES string of the molecule is Nc1ccc(C(=O)/C=C/c2cccnc2Nc2ccc([N+](=O)[O-])cc2)cc1. The lowest BCUT2D eigenvalue weighted by molar-refractivity contribution is -0.384. The number of rotatable bonds is 6. The maximum atomic E-state index is 12.3. The van der Waals surface area contributed by atoms with Gasteiger partial charge in [-0.3, -0.25) is 14.9 Å². The number of ketones is 1. The molecule has 0 unspecified atom stereocenters. The minimum absolute atomic E-state index is 0.00999. The molecule has 0 spiro atoms. The highest BCUT2D eigenvalue weighted by Crippen LogP contribution is 2.22. The smallest absolute Gasteiger partial charge is 0.269 e. The molecule has 3 N–H and O–H groups in total. The molecule has 0 saturated carbocycles. The Morgan fingerprint density at radius 1 is 1.07 bits per heavy atom. The van der Waals surface area contributed by atoms with Crippen molar-refractivity contribution in [3.05, 3.63) is 94.2 Å². The fourth-order valence-corrected chi connectivity index (χ4v) is 2.37. The summed E-state index contributed by atoms with van der Waals surface area (Å²) in [4.78, 5) is 26.8. The lowest BCUT2D eigenvalue weighted by Gasteiger charge is -2.08. The van der Waals surface area contributed by atoms with Crippen LogP contribution in [-0.2, 0) is 0 Å². The van der Waals surface area contributed by atoms with Crippen molar-refractivity contribution in [3.8, 4) is 0 Å². The maximum absolute atomic E-state index is 12.3. The van der Waals surface area contributed by atoms with Crippen molar-refractivity contribution >= 4 is 34.7 Å². The van der Waals surface area contributed by atoms with Crippen molar-refractivity contribution in [2.24, 2.45) is 0 Å². The molecule has 0 atom stereocenters. The number of nitrogens with zero attached hydrogens (tertiary/aromatic N) is 2. The van der Waals surface area contributed by atoms with Crippen molar-refractivity contribution in [2.45, 2.75) is 0 Å². The zero-order valence-corrected chi connectivity index (χ0v) is 14.2. The quantitative estimate of drug-likeness (QED) is 0.224. The maximum Gasteiger partial charge on any atom is 0.269 e. The molecule has 0 fully saturated rings. The van der Waals surface area contributed by atoms with Crippen LogP contribution < -0.4 is 11.1 Å². The van der Waals surface area contributed by atoms with E-state index in [2.05, 4.69) is 10.3 Å². The van der Waals surface area contributed by atoms with Gasteiger partial charge < -0.3 is 11.1 Å². The van der Waals surface area contributed by atoms with Crippen molar-refractivity contribution in [1.29, 1.82) is 0 Å². The number of nitrogen functional groups attached to an aromatic ring is 1. The van der Waals surface area contributed by atoms with Crippen molar-refractivity contribution in [1.82, 2.24) is 4.98 Å². The van der Waals surface area contributed by atoms with Gasteiger partial charge in [-0.05, 0) is 60.7 Å². The first-order chi connectivity index (χ1) is 13.0. The Balaban J connectivity index is 1.78. The summed E-state index contributed by atoms with van der Waals surface area (Å²) in [7, 11) is 0. The normalized spacial score (nSPS) is 10.7. The van der Waals surface area contributed by atoms with Gasteiger partial charge in [0.05, 0.1) is 4.92 Å². The minimum atomic E-state index is -0.457. The number of carbonyl (C=O) groups is 1. The summed E-state index contributed by atoms with van der Waals surface area (Å²) in [5.74, 6) is 0.382. The molecular formula is C20H16N4O3. The van der Waals surface area contributed by atoms with E-state index in [1.54, 1.807) is 54.7 Å². The van der Waals surface area contributed by atoms with Crippen LogP contribution in [0.3, 0.4) is 0 Å². The molecule has 3 aromatic rings. The Hall–Kier alpha value is -4.00. The number of aromatic nitrogens is 1. The number of nitro benzene ring substituents is 1. The van der Waals surface area contributed by atoms with Gasteiger partial charge in [0.1, 0.15) is 5.82 Å². The highest BCUT2D eigenvalue weighted by atomic mass is 16.6. The predicted molar refractivity (Wildman–Crippen MR) is 105 cm³/mol. The molecule has 3 rings (SSSR count). The van der Waals surface area contributed by atoms with E-state index in [0.29, 0.717) is 28.3 Å². The van der Waals surface area contributed by atoms with Gasteiger partial charge >= 0.3 is 0 Å². The molecule has 0 aliphatic rings. The number of anilines is 3. The van der Waals surface area contributed by atoms with Crippen LogP contribution in [0, 0.1) is 10.1 Å². The summed E-state index contributed by atoms with van der Waals surface area (Å²) >= 11 is 0. The Morgan fingerprint density at radius 2 is 1.78 bits per heavy atom. The second-order valence-electron chi connectivity index (χ2n) is 5.69. The van der Waals surface area contributed by atoms with Crippen LogP contribution >= 0.6 is 0 Å². The van der Waals surface area contributed by atoms with Crippen LogP contribution in [0.5, 0.6) is 0 Å². The summed E-state index contributed by atoms with van der Waals surface area (Å²) in [6.07, 6.45) is 4.75. The van der Waals surface area contributed by atoms with E-state index >= 15 is 0 Å². The molecule has 2 aromatic carbocycles. The van der Waals surface area contributed by atoms with Gasteiger partial charge in [0.25, 0.3) is 5.69 Å². The summed E-state index contributed by atoms with van der Waals surface area (Å²) in [5.41, 5.74) is 8.13. The monoisotopic (exact) mass is 360 g/mol. The number of non-ortho nitro benzene ring substituents is 1. The number of allylic oxidation sites excluding steroid dienone is 1. The van der Waals surface area contributed by atoms with E-state index in [4.69, 9.17) is 5.73 Å². The van der Waals surface area contributed by atoms with Crippen LogP contribution in [0.2, 0.25) is 0 Å². The first kappa shape index (κ1) is 17.8. The standard InChI is InChI=1S/C20H16N4O3/c21-16-6-3-14(4-7-16)19(25)12-5-15-2-1-13-22-20(15)23-17-8-10-18(11-9-17)24(26)27/h1-13H,21H2,(H,22,23)/b12-5+. The lowest BCUT2D eigenvalue weighted by atomic mass is 10.1. The van der Waals surface area contributed by atoms with E-state index in [1.165, 1.54) is 18.2 Å². The number of nitrogens with two attached hydrogens (primary N) is 1. The molecule has 0 amide bonds. The molecule has 7 nitrogen and oxygen atoms in total. The van der Waals surface area contributed by atoms with Crippen LogP contribution in [0.4, 0.5) is 22.9 Å². The Kier molecular flexibility index (Phi) is 5.22. The van der Waals surface area contributed by atoms with E-state index in [-0.39, 0.29) is 11.5 Å².